The average Bonchev–Trinajstić information content (AvgIpc) is 2.18. The number of aromatic nitrogens is 1. The quantitative estimate of drug-likeness (QED) is 0.771. The largest absolute Gasteiger partial charge is 0.389 e. The second kappa shape index (κ2) is 5.92. The lowest BCUT2D eigenvalue weighted by atomic mass is 10.2. The van der Waals surface area contributed by atoms with E-state index in [4.69, 9.17) is 18.0 Å². The van der Waals surface area contributed by atoms with Crippen LogP contribution in [0.4, 0.5) is 5.82 Å². The summed E-state index contributed by atoms with van der Waals surface area (Å²) >= 11 is 6.70. The summed E-state index contributed by atoms with van der Waals surface area (Å²) in [4.78, 5) is 4.61. The summed E-state index contributed by atoms with van der Waals surface area (Å²) < 4.78 is 0. The molecule has 0 bridgehead atoms. The van der Waals surface area contributed by atoms with Crippen LogP contribution in [0.5, 0.6) is 0 Å². The second-order valence-corrected chi connectivity index (χ2v) is 4.65. The van der Waals surface area contributed by atoms with Crippen molar-refractivity contribution in [3.63, 3.8) is 0 Å². The molecule has 82 valence electrons. The van der Waals surface area contributed by atoms with Crippen molar-refractivity contribution in [1.29, 1.82) is 0 Å². The van der Waals surface area contributed by atoms with E-state index >= 15 is 0 Å². The summed E-state index contributed by atoms with van der Waals surface area (Å²) in [6, 6.07) is 4.07. The smallest absolute Gasteiger partial charge is 0.126 e. The maximum atomic E-state index is 5.54. The minimum absolute atomic E-state index is 0.383. The molecule has 0 aliphatic rings. The number of nitrogens with two attached hydrogens (primary N) is 1. The van der Waals surface area contributed by atoms with E-state index in [0.29, 0.717) is 11.0 Å². The number of pyridine rings is 1. The molecule has 15 heavy (non-hydrogen) atoms. The van der Waals surface area contributed by atoms with E-state index in [1.54, 1.807) is 18.0 Å². The third-order valence-corrected chi connectivity index (χ3v) is 2.92. The zero-order valence-electron chi connectivity index (χ0n) is 8.86. The van der Waals surface area contributed by atoms with E-state index < -0.39 is 0 Å². The van der Waals surface area contributed by atoms with Gasteiger partial charge in [0.2, 0.25) is 0 Å². The van der Waals surface area contributed by atoms with Crippen LogP contribution in [0.15, 0.2) is 18.3 Å². The third-order valence-electron chi connectivity index (χ3n) is 1.86. The summed E-state index contributed by atoms with van der Waals surface area (Å²) in [6.07, 6.45) is 3.79. The van der Waals surface area contributed by atoms with Crippen molar-refractivity contribution < 1.29 is 0 Å². The molecule has 1 heterocycles. The fourth-order valence-corrected chi connectivity index (χ4v) is 1.92. The second-order valence-electron chi connectivity index (χ2n) is 3.29. The molecule has 1 aromatic heterocycles. The Labute approximate surface area is 99.8 Å². The van der Waals surface area contributed by atoms with E-state index in [1.165, 1.54) is 0 Å². The van der Waals surface area contributed by atoms with Crippen molar-refractivity contribution in [2.24, 2.45) is 5.73 Å². The molecular formula is C10H15N3S2. The first-order chi connectivity index (χ1) is 7.13. The van der Waals surface area contributed by atoms with Crippen molar-refractivity contribution in [3.05, 3.63) is 23.9 Å². The van der Waals surface area contributed by atoms with Gasteiger partial charge in [0, 0.05) is 23.6 Å². The van der Waals surface area contributed by atoms with Gasteiger partial charge in [-0.2, -0.15) is 11.8 Å². The summed E-state index contributed by atoms with van der Waals surface area (Å²) in [5.41, 5.74) is 6.39. The van der Waals surface area contributed by atoms with Crippen molar-refractivity contribution in [2.75, 3.05) is 17.3 Å². The number of anilines is 1. The lowest BCUT2D eigenvalue weighted by Crippen LogP contribution is -2.19. The van der Waals surface area contributed by atoms with Gasteiger partial charge in [0.25, 0.3) is 0 Å². The highest BCUT2D eigenvalue weighted by Gasteiger charge is 2.03. The van der Waals surface area contributed by atoms with Crippen LogP contribution in [0, 0.1) is 0 Å². The van der Waals surface area contributed by atoms with Crippen LogP contribution in [-0.4, -0.2) is 28.0 Å². The predicted octanol–water partition coefficient (Wildman–Crippen LogP) is 1.88. The van der Waals surface area contributed by atoms with Crippen LogP contribution in [0.3, 0.4) is 0 Å². The van der Waals surface area contributed by atoms with Gasteiger partial charge in [0.15, 0.2) is 0 Å². The van der Waals surface area contributed by atoms with Crippen molar-refractivity contribution in [3.8, 4) is 0 Å². The molecule has 0 aliphatic heterocycles. The van der Waals surface area contributed by atoms with Crippen LogP contribution < -0.4 is 11.1 Å². The van der Waals surface area contributed by atoms with Gasteiger partial charge in [-0.3, -0.25) is 0 Å². The normalized spacial score (nSPS) is 12.1. The minimum atomic E-state index is 0.383. The highest BCUT2D eigenvalue weighted by Crippen LogP contribution is 2.09. The Balaban J connectivity index is 2.69. The first kappa shape index (κ1) is 12.3. The van der Waals surface area contributed by atoms with Gasteiger partial charge in [0.05, 0.1) is 0 Å². The number of thioether (sulfide) groups is 1. The Morgan fingerprint density at radius 1 is 1.73 bits per heavy atom. The van der Waals surface area contributed by atoms with Crippen molar-refractivity contribution in [2.45, 2.75) is 13.0 Å². The zero-order valence-corrected chi connectivity index (χ0v) is 10.5. The summed E-state index contributed by atoms with van der Waals surface area (Å²) in [7, 11) is 0. The highest BCUT2D eigenvalue weighted by atomic mass is 32.2. The zero-order chi connectivity index (χ0) is 11.3. The summed E-state index contributed by atoms with van der Waals surface area (Å²) in [5, 5.41) is 3.29. The van der Waals surface area contributed by atoms with Gasteiger partial charge >= 0.3 is 0 Å². The maximum Gasteiger partial charge on any atom is 0.126 e. The highest BCUT2D eigenvalue weighted by molar-refractivity contribution is 7.98. The molecule has 0 aliphatic carbocycles. The Bertz CT molecular complexity index is 341. The van der Waals surface area contributed by atoms with Gasteiger partial charge < -0.3 is 11.1 Å². The Hall–Kier alpha value is -0.810. The molecule has 0 spiro atoms. The van der Waals surface area contributed by atoms with Crippen LogP contribution >= 0.6 is 24.0 Å². The molecule has 0 saturated carbocycles. The molecule has 1 atom stereocenters. The number of nitrogens with one attached hydrogen (secondary N) is 1. The maximum absolute atomic E-state index is 5.54. The van der Waals surface area contributed by atoms with Gasteiger partial charge in [0.1, 0.15) is 10.8 Å². The van der Waals surface area contributed by atoms with Crippen LogP contribution in [0.1, 0.15) is 12.5 Å². The minimum Gasteiger partial charge on any atom is -0.389 e. The number of hydrogen-bond acceptors (Lipinski definition) is 4. The molecular weight excluding hydrogens is 226 g/mol. The van der Waals surface area contributed by atoms with Crippen molar-refractivity contribution >= 4 is 34.8 Å². The molecule has 0 radical (unpaired) electrons. The first-order valence-electron chi connectivity index (χ1n) is 4.65. The van der Waals surface area contributed by atoms with Crippen LogP contribution in [-0.2, 0) is 0 Å². The molecule has 1 rings (SSSR count). The molecule has 1 unspecified atom stereocenters. The first-order valence-corrected chi connectivity index (χ1v) is 6.45. The topological polar surface area (TPSA) is 50.9 Å². The lowest BCUT2D eigenvalue weighted by Gasteiger charge is -2.13. The SMILES string of the molecule is CSCC(C)Nc1cc(C(N)=S)ccn1. The molecule has 3 nitrogen and oxygen atoms in total. The molecule has 3 N–H and O–H groups in total. The monoisotopic (exact) mass is 241 g/mol. The van der Waals surface area contributed by atoms with Gasteiger partial charge in [-0.25, -0.2) is 4.98 Å². The van der Waals surface area contributed by atoms with Crippen molar-refractivity contribution in [1.82, 2.24) is 4.98 Å². The molecule has 0 saturated heterocycles. The van der Waals surface area contributed by atoms with E-state index in [2.05, 4.69) is 23.5 Å². The molecule has 0 amide bonds. The van der Waals surface area contributed by atoms with E-state index in [9.17, 15) is 0 Å². The fourth-order valence-electron chi connectivity index (χ4n) is 1.21. The van der Waals surface area contributed by atoms with E-state index in [1.807, 2.05) is 12.1 Å². The molecule has 0 aromatic carbocycles. The fraction of sp³-hybridized carbons (Fsp3) is 0.400. The van der Waals surface area contributed by atoms with Gasteiger partial charge in [-0.1, -0.05) is 12.2 Å². The van der Waals surface area contributed by atoms with Gasteiger partial charge in [-0.15, -0.1) is 0 Å². The standard InChI is InChI=1S/C10H15N3S2/c1-7(6-15-2)13-9-5-8(10(11)14)3-4-12-9/h3-5,7H,6H2,1-2H3,(H2,11,14)(H,12,13). The van der Waals surface area contributed by atoms with Gasteiger partial charge in [-0.05, 0) is 25.3 Å². The van der Waals surface area contributed by atoms with Crippen LogP contribution in [0.25, 0.3) is 0 Å². The van der Waals surface area contributed by atoms with E-state index in [-0.39, 0.29) is 0 Å². The summed E-state index contributed by atoms with van der Waals surface area (Å²) in [6.45, 7) is 2.12. The summed E-state index contributed by atoms with van der Waals surface area (Å²) in [5.74, 6) is 1.86. The Kier molecular flexibility index (Phi) is 4.84. The Morgan fingerprint density at radius 2 is 2.47 bits per heavy atom. The number of hydrogen-bond donors (Lipinski definition) is 2. The third kappa shape index (κ3) is 4.05. The lowest BCUT2D eigenvalue weighted by molar-refractivity contribution is 0.903. The average molecular weight is 241 g/mol. The molecule has 0 fully saturated rings. The number of nitrogens with zero attached hydrogens (tertiary/aromatic N) is 1. The predicted molar refractivity (Wildman–Crippen MR) is 71.6 cm³/mol. The number of thiocarbonyl (C=S) groups is 1. The molecule has 5 heteroatoms. The van der Waals surface area contributed by atoms with Crippen LogP contribution in [0.2, 0.25) is 0 Å². The molecule has 1 aromatic rings. The number of rotatable bonds is 5. The van der Waals surface area contributed by atoms with E-state index in [0.717, 1.165) is 17.1 Å². The Morgan fingerprint density at radius 3 is 3.07 bits per heavy atom.